The second-order valence-electron chi connectivity index (χ2n) is 7.39. The largest absolute Gasteiger partial charge is 0.253 e. The van der Waals surface area contributed by atoms with Gasteiger partial charge in [0.05, 0.1) is 5.39 Å². The standard InChI is InChI=1S/C22H24N4S2/c1-2-3-4-8-14-27-22-25-24-20-18-16-12-9-13-17(16)28-21(18)23-19(26(20)22)15-10-6-5-7-11-15/h5-7,10-11H,2-4,8-9,12-14H2,1H3. The Hall–Kier alpha value is -1.92. The maximum atomic E-state index is 5.12. The average Bonchev–Trinajstić information content (AvgIpc) is 3.42. The Morgan fingerprint density at radius 3 is 2.82 bits per heavy atom. The second kappa shape index (κ2) is 7.84. The molecule has 1 aromatic carbocycles. The van der Waals surface area contributed by atoms with Gasteiger partial charge in [-0.25, -0.2) is 4.98 Å². The third-order valence-corrected chi connectivity index (χ3v) is 7.64. The van der Waals surface area contributed by atoms with Crippen molar-refractivity contribution in [1.82, 2.24) is 19.6 Å². The predicted molar refractivity (Wildman–Crippen MR) is 118 cm³/mol. The van der Waals surface area contributed by atoms with Gasteiger partial charge in [0.25, 0.3) is 0 Å². The summed E-state index contributed by atoms with van der Waals surface area (Å²) in [5, 5.41) is 11.5. The van der Waals surface area contributed by atoms with Crippen molar-refractivity contribution in [2.24, 2.45) is 0 Å². The number of rotatable bonds is 7. The quantitative estimate of drug-likeness (QED) is 0.271. The third-order valence-electron chi connectivity index (χ3n) is 5.44. The molecule has 3 aromatic heterocycles. The molecular formula is C22H24N4S2. The third kappa shape index (κ3) is 3.12. The lowest BCUT2D eigenvalue weighted by molar-refractivity contribution is 0.706. The minimum atomic E-state index is 0.962. The van der Waals surface area contributed by atoms with Crippen LogP contribution in [0.25, 0.3) is 27.3 Å². The van der Waals surface area contributed by atoms with Crippen molar-refractivity contribution in [2.45, 2.75) is 57.0 Å². The lowest BCUT2D eigenvalue weighted by Gasteiger charge is -2.08. The van der Waals surface area contributed by atoms with Crippen LogP contribution >= 0.6 is 23.1 Å². The van der Waals surface area contributed by atoms with Gasteiger partial charge in [-0.3, -0.25) is 4.40 Å². The van der Waals surface area contributed by atoms with Gasteiger partial charge < -0.3 is 0 Å². The summed E-state index contributed by atoms with van der Waals surface area (Å²) in [7, 11) is 0. The topological polar surface area (TPSA) is 43.1 Å². The first-order valence-electron chi connectivity index (χ1n) is 10.2. The summed E-state index contributed by atoms with van der Waals surface area (Å²) in [6.07, 6.45) is 8.64. The van der Waals surface area contributed by atoms with Gasteiger partial charge in [-0.05, 0) is 31.2 Å². The Morgan fingerprint density at radius 2 is 1.96 bits per heavy atom. The number of unbranched alkanes of at least 4 members (excludes halogenated alkanes) is 3. The number of aromatic nitrogens is 4. The van der Waals surface area contributed by atoms with Crippen LogP contribution in [-0.4, -0.2) is 25.3 Å². The Balaban J connectivity index is 1.64. The lowest BCUT2D eigenvalue weighted by Crippen LogP contribution is -1.99. The summed E-state index contributed by atoms with van der Waals surface area (Å²) in [6.45, 7) is 2.25. The molecule has 6 heteroatoms. The van der Waals surface area contributed by atoms with Gasteiger partial charge in [0.1, 0.15) is 10.7 Å². The zero-order chi connectivity index (χ0) is 18.9. The molecule has 4 aromatic rings. The van der Waals surface area contributed by atoms with Crippen molar-refractivity contribution < 1.29 is 0 Å². The number of hydrogen-bond acceptors (Lipinski definition) is 5. The van der Waals surface area contributed by atoms with Gasteiger partial charge in [-0.2, -0.15) is 0 Å². The van der Waals surface area contributed by atoms with E-state index in [0.29, 0.717) is 0 Å². The fraction of sp³-hybridized carbons (Fsp3) is 0.409. The van der Waals surface area contributed by atoms with Gasteiger partial charge >= 0.3 is 0 Å². The molecule has 1 aliphatic carbocycles. The molecule has 1 aliphatic rings. The number of hydrogen-bond donors (Lipinski definition) is 0. The van der Waals surface area contributed by atoms with E-state index >= 15 is 0 Å². The molecule has 0 atom stereocenters. The van der Waals surface area contributed by atoms with Gasteiger partial charge in [0.15, 0.2) is 10.8 Å². The van der Waals surface area contributed by atoms with Crippen LogP contribution in [-0.2, 0) is 12.8 Å². The SMILES string of the molecule is CCCCCCSc1nnc2c3c4c(sc3nc(-c3ccccc3)n12)CCC4. The van der Waals surface area contributed by atoms with Crippen molar-refractivity contribution >= 4 is 39.0 Å². The maximum absolute atomic E-state index is 5.12. The number of aryl methyl sites for hydroxylation is 2. The maximum Gasteiger partial charge on any atom is 0.197 e. The monoisotopic (exact) mass is 408 g/mol. The molecule has 144 valence electrons. The Labute approximate surface area is 173 Å². The van der Waals surface area contributed by atoms with Crippen LogP contribution in [0, 0.1) is 0 Å². The normalized spacial score (nSPS) is 13.6. The summed E-state index contributed by atoms with van der Waals surface area (Å²) in [5.74, 6) is 2.04. The molecule has 3 heterocycles. The van der Waals surface area contributed by atoms with E-state index in [2.05, 4.69) is 51.9 Å². The molecule has 0 aliphatic heterocycles. The summed E-state index contributed by atoms with van der Waals surface area (Å²) in [6, 6.07) is 10.5. The van der Waals surface area contributed by atoms with Crippen molar-refractivity contribution in [2.75, 3.05) is 5.75 Å². The van der Waals surface area contributed by atoms with Crippen LogP contribution < -0.4 is 0 Å². The van der Waals surface area contributed by atoms with Crippen molar-refractivity contribution in [3.8, 4) is 11.4 Å². The Kier molecular flexibility index (Phi) is 5.07. The van der Waals surface area contributed by atoms with Crippen LogP contribution in [0.1, 0.15) is 49.5 Å². The lowest BCUT2D eigenvalue weighted by atomic mass is 10.1. The van der Waals surface area contributed by atoms with Crippen LogP contribution in [0.5, 0.6) is 0 Å². The zero-order valence-corrected chi connectivity index (χ0v) is 17.8. The van der Waals surface area contributed by atoms with E-state index in [0.717, 1.165) is 39.2 Å². The number of thioether (sulfide) groups is 1. The Morgan fingerprint density at radius 1 is 1.07 bits per heavy atom. The Bertz CT molecular complexity index is 1110. The van der Waals surface area contributed by atoms with E-state index in [4.69, 9.17) is 4.98 Å². The minimum Gasteiger partial charge on any atom is -0.253 e. The van der Waals surface area contributed by atoms with Crippen LogP contribution in [0.15, 0.2) is 35.5 Å². The fourth-order valence-corrected chi connectivity index (χ4v) is 6.22. The van der Waals surface area contributed by atoms with Crippen molar-refractivity contribution in [1.29, 1.82) is 0 Å². The average molecular weight is 409 g/mol. The molecule has 28 heavy (non-hydrogen) atoms. The predicted octanol–water partition coefficient (Wildman–Crippen LogP) is 6.17. The molecule has 0 radical (unpaired) electrons. The summed E-state index contributed by atoms with van der Waals surface area (Å²) < 4.78 is 2.20. The van der Waals surface area contributed by atoms with Gasteiger partial charge in [0.2, 0.25) is 0 Å². The van der Waals surface area contributed by atoms with E-state index in [1.54, 1.807) is 0 Å². The highest BCUT2D eigenvalue weighted by Gasteiger charge is 2.24. The minimum absolute atomic E-state index is 0.962. The van der Waals surface area contributed by atoms with E-state index in [9.17, 15) is 0 Å². The highest BCUT2D eigenvalue weighted by Crippen LogP contribution is 2.40. The summed E-state index contributed by atoms with van der Waals surface area (Å²) in [4.78, 5) is 7.72. The molecular weight excluding hydrogens is 384 g/mol. The smallest absolute Gasteiger partial charge is 0.197 e. The molecule has 5 rings (SSSR count). The molecule has 0 amide bonds. The molecule has 0 fully saturated rings. The van der Waals surface area contributed by atoms with Gasteiger partial charge in [-0.15, -0.1) is 21.5 Å². The first-order valence-corrected chi connectivity index (χ1v) is 12.0. The molecule has 0 saturated carbocycles. The van der Waals surface area contributed by atoms with Crippen LogP contribution in [0.2, 0.25) is 0 Å². The summed E-state index contributed by atoms with van der Waals surface area (Å²) in [5.41, 5.74) is 3.57. The van der Waals surface area contributed by atoms with E-state index in [1.807, 2.05) is 23.1 Å². The van der Waals surface area contributed by atoms with Crippen molar-refractivity contribution in [3.05, 3.63) is 40.8 Å². The molecule has 0 saturated heterocycles. The number of benzene rings is 1. The number of nitrogens with zero attached hydrogens (tertiary/aromatic N) is 4. The number of fused-ring (bicyclic) bond motifs is 5. The summed E-state index contributed by atoms with van der Waals surface area (Å²) >= 11 is 3.66. The van der Waals surface area contributed by atoms with Crippen LogP contribution in [0.4, 0.5) is 0 Å². The van der Waals surface area contributed by atoms with E-state index in [1.165, 1.54) is 54.4 Å². The van der Waals surface area contributed by atoms with E-state index in [-0.39, 0.29) is 0 Å². The van der Waals surface area contributed by atoms with Crippen molar-refractivity contribution in [3.63, 3.8) is 0 Å². The molecule has 0 unspecified atom stereocenters. The van der Waals surface area contributed by atoms with Gasteiger partial charge in [-0.1, -0.05) is 68.3 Å². The first-order chi connectivity index (χ1) is 13.9. The molecule has 0 spiro atoms. The number of thiophene rings is 1. The first kappa shape index (κ1) is 18.1. The highest BCUT2D eigenvalue weighted by molar-refractivity contribution is 7.99. The zero-order valence-electron chi connectivity index (χ0n) is 16.1. The van der Waals surface area contributed by atoms with Crippen LogP contribution in [0.3, 0.4) is 0 Å². The molecule has 4 nitrogen and oxygen atoms in total. The fourth-order valence-electron chi connectivity index (χ4n) is 4.03. The van der Waals surface area contributed by atoms with Gasteiger partial charge in [0, 0.05) is 16.2 Å². The molecule has 0 bridgehead atoms. The van der Waals surface area contributed by atoms with E-state index < -0.39 is 0 Å². The highest BCUT2D eigenvalue weighted by atomic mass is 32.2. The second-order valence-corrected chi connectivity index (χ2v) is 9.54. The molecule has 0 N–H and O–H groups in total.